The Hall–Kier alpha value is -3.50. The molecule has 0 N–H and O–H groups in total. The van der Waals surface area contributed by atoms with Crippen LogP contribution in [0.5, 0.6) is 0 Å². The van der Waals surface area contributed by atoms with Crippen molar-refractivity contribution in [3.8, 4) is 0 Å². The Balaban J connectivity index is 1.32. The number of aromatic nitrogens is 4. The van der Waals surface area contributed by atoms with Crippen molar-refractivity contribution in [2.45, 2.75) is 38.8 Å². The fraction of sp³-hybridized carbons (Fsp3) is 0.435. The van der Waals surface area contributed by atoms with Crippen LogP contribution in [0.25, 0.3) is 5.65 Å². The normalized spacial score (nSPS) is 15.2. The first-order valence-corrected chi connectivity index (χ1v) is 11.0. The topological polar surface area (TPSA) is 89.7 Å². The zero-order valence-corrected chi connectivity index (χ0v) is 18.7. The minimum Gasteiger partial charge on any atom is -0.457 e. The number of alkyl halides is 3. The standard InChI is InChI=1S/C23H24F3N5O3/c1-14(2)15-3-5-16(6-4-15)18(32)13-34-21(33)17-9-11-30(12-10-17)20-8-7-19-27-28-22(23(24,25)26)31(19)29-20/h3-8,14,17H,9-13H2,1-2H3. The summed E-state index contributed by atoms with van der Waals surface area (Å²) in [5, 5.41) is 10.7. The Labute approximate surface area is 193 Å². The van der Waals surface area contributed by atoms with E-state index in [1.54, 1.807) is 23.1 Å². The molecule has 1 aliphatic rings. The highest BCUT2D eigenvalue weighted by Gasteiger charge is 2.38. The number of benzene rings is 1. The van der Waals surface area contributed by atoms with Gasteiger partial charge in [-0.1, -0.05) is 38.1 Å². The zero-order valence-electron chi connectivity index (χ0n) is 18.7. The van der Waals surface area contributed by atoms with Gasteiger partial charge >= 0.3 is 12.1 Å². The number of ether oxygens (including phenoxy) is 1. The van der Waals surface area contributed by atoms with Crippen LogP contribution in [0.15, 0.2) is 36.4 Å². The average Bonchev–Trinajstić information content (AvgIpc) is 3.26. The zero-order chi connectivity index (χ0) is 24.5. The SMILES string of the molecule is CC(C)c1ccc(C(=O)COC(=O)C2CCN(c3ccc4nnc(C(F)(F)F)n4n3)CC2)cc1. The number of carbonyl (C=O) groups is 2. The number of hydrogen-bond acceptors (Lipinski definition) is 7. The number of Topliss-reactive ketones (excluding diaryl/α,β-unsaturated/α-hetero) is 1. The third kappa shape index (κ3) is 5.02. The summed E-state index contributed by atoms with van der Waals surface area (Å²) in [6.07, 6.45) is -3.80. The second-order valence-electron chi connectivity index (χ2n) is 8.55. The van der Waals surface area contributed by atoms with Crippen molar-refractivity contribution in [1.82, 2.24) is 19.8 Å². The maximum Gasteiger partial charge on any atom is 0.453 e. The van der Waals surface area contributed by atoms with Gasteiger partial charge in [0, 0.05) is 18.7 Å². The van der Waals surface area contributed by atoms with Crippen molar-refractivity contribution in [3.05, 3.63) is 53.3 Å². The Morgan fingerprint density at radius 1 is 1.06 bits per heavy atom. The van der Waals surface area contributed by atoms with Crippen LogP contribution in [0.1, 0.15) is 54.4 Å². The predicted octanol–water partition coefficient (Wildman–Crippen LogP) is 3.91. The summed E-state index contributed by atoms with van der Waals surface area (Å²) in [6.45, 7) is 4.62. The average molecular weight is 475 g/mol. The van der Waals surface area contributed by atoms with Crippen molar-refractivity contribution in [3.63, 3.8) is 0 Å². The number of halogens is 3. The lowest BCUT2D eigenvalue weighted by atomic mass is 9.97. The molecule has 34 heavy (non-hydrogen) atoms. The fourth-order valence-electron chi connectivity index (χ4n) is 3.86. The van der Waals surface area contributed by atoms with Crippen LogP contribution in [0.2, 0.25) is 0 Å². The number of ketones is 1. The smallest absolute Gasteiger partial charge is 0.453 e. The maximum atomic E-state index is 13.1. The van der Waals surface area contributed by atoms with E-state index in [-0.39, 0.29) is 18.0 Å². The quantitative estimate of drug-likeness (QED) is 0.394. The monoisotopic (exact) mass is 475 g/mol. The molecule has 0 aliphatic carbocycles. The van der Waals surface area contributed by atoms with Crippen molar-refractivity contribution in [2.24, 2.45) is 5.92 Å². The van der Waals surface area contributed by atoms with Gasteiger partial charge in [-0.15, -0.1) is 15.3 Å². The van der Waals surface area contributed by atoms with E-state index >= 15 is 0 Å². The molecular weight excluding hydrogens is 451 g/mol. The first-order valence-electron chi connectivity index (χ1n) is 11.0. The van der Waals surface area contributed by atoms with Gasteiger partial charge < -0.3 is 9.64 Å². The largest absolute Gasteiger partial charge is 0.457 e. The second kappa shape index (κ2) is 9.40. The molecule has 3 aromatic rings. The molecule has 180 valence electrons. The van der Waals surface area contributed by atoms with Gasteiger partial charge in [-0.25, -0.2) is 0 Å². The summed E-state index contributed by atoms with van der Waals surface area (Å²) < 4.78 is 45.2. The van der Waals surface area contributed by atoms with E-state index in [1.807, 2.05) is 12.1 Å². The summed E-state index contributed by atoms with van der Waals surface area (Å²) in [5.41, 5.74) is 1.60. The van der Waals surface area contributed by atoms with E-state index in [0.717, 1.165) is 5.56 Å². The number of piperidine rings is 1. The lowest BCUT2D eigenvalue weighted by Crippen LogP contribution is -2.38. The van der Waals surface area contributed by atoms with Crippen molar-refractivity contribution >= 4 is 23.2 Å². The molecule has 0 radical (unpaired) electrons. The van der Waals surface area contributed by atoms with E-state index in [4.69, 9.17) is 4.74 Å². The third-order valence-electron chi connectivity index (χ3n) is 5.90. The summed E-state index contributed by atoms with van der Waals surface area (Å²) in [7, 11) is 0. The summed E-state index contributed by atoms with van der Waals surface area (Å²) in [5.74, 6) is -1.61. The maximum absolute atomic E-state index is 13.1. The number of fused-ring (bicyclic) bond motifs is 1. The Morgan fingerprint density at radius 3 is 2.35 bits per heavy atom. The van der Waals surface area contributed by atoms with Crippen LogP contribution in [0.3, 0.4) is 0 Å². The molecule has 0 unspecified atom stereocenters. The van der Waals surface area contributed by atoms with E-state index in [1.165, 1.54) is 6.07 Å². The lowest BCUT2D eigenvalue weighted by molar-refractivity contribution is -0.148. The van der Waals surface area contributed by atoms with Gasteiger partial charge in [-0.3, -0.25) is 9.59 Å². The minimum absolute atomic E-state index is 0.00180. The number of hydrogen-bond donors (Lipinski definition) is 0. The number of rotatable bonds is 6. The van der Waals surface area contributed by atoms with Crippen molar-refractivity contribution in [2.75, 3.05) is 24.6 Å². The van der Waals surface area contributed by atoms with E-state index in [0.29, 0.717) is 47.7 Å². The van der Waals surface area contributed by atoms with Gasteiger partial charge in [0.15, 0.2) is 18.0 Å². The van der Waals surface area contributed by atoms with Crippen LogP contribution in [-0.4, -0.2) is 51.3 Å². The van der Waals surface area contributed by atoms with Crippen LogP contribution in [-0.2, 0) is 15.7 Å². The highest BCUT2D eigenvalue weighted by molar-refractivity contribution is 5.98. The predicted molar refractivity (Wildman–Crippen MR) is 117 cm³/mol. The number of esters is 1. The molecule has 0 saturated carbocycles. The minimum atomic E-state index is -4.67. The number of carbonyl (C=O) groups excluding carboxylic acids is 2. The number of nitrogens with zero attached hydrogens (tertiary/aromatic N) is 5. The third-order valence-corrected chi connectivity index (χ3v) is 5.90. The molecule has 1 aromatic carbocycles. The van der Waals surface area contributed by atoms with Gasteiger partial charge in [0.2, 0.25) is 0 Å². The van der Waals surface area contributed by atoms with Crippen LogP contribution < -0.4 is 4.90 Å². The summed E-state index contributed by atoms with van der Waals surface area (Å²) in [4.78, 5) is 26.6. The fourth-order valence-corrected chi connectivity index (χ4v) is 3.86. The highest BCUT2D eigenvalue weighted by atomic mass is 19.4. The first kappa shape index (κ1) is 23.7. The molecule has 1 aliphatic heterocycles. The summed E-state index contributed by atoms with van der Waals surface area (Å²) >= 11 is 0. The molecule has 1 fully saturated rings. The van der Waals surface area contributed by atoms with Gasteiger partial charge in [0.05, 0.1) is 5.92 Å². The van der Waals surface area contributed by atoms with Crippen LogP contribution in [0, 0.1) is 5.92 Å². The Morgan fingerprint density at radius 2 is 1.74 bits per heavy atom. The van der Waals surface area contributed by atoms with E-state index < -0.39 is 23.9 Å². The number of anilines is 1. The summed E-state index contributed by atoms with van der Waals surface area (Å²) in [6, 6.07) is 10.2. The molecule has 0 amide bonds. The van der Waals surface area contributed by atoms with E-state index in [2.05, 4.69) is 29.1 Å². The molecule has 1 saturated heterocycles. The van der Waals surface area contributed by atoms with Gasteiger partial charge in [0.25, 0.3) is 5.82 Å². The lowest BCUT2D eigenvalue weighted by Gasteiger charge is -2.31. The van der Waals surface area contributed by atoms with Crippen molar-refractivity contribution < 1.29 is 27.5 Å². The molecule has 3 heterocycles. The van der Waals surface area contributed by atoms with Crippen LogP contribution >= 0.6 is 0 Å². The Bertz CT molecular complexity index is 1180. The second-order valence-corrected chi connectivity index (χ2v) is 8.55. The molecule has 0 bridgehead atoms. The molecule has 0 spiro atoms. The van der Waals surface area contributed by atoms with Crippen molar-refractivity contribution in [1.29, 1.82) is 0 Å². The molecule has 8 nitrogen and oxygen atoms in total. The molecule has 11 heteroatoms. The van der Waals surface area contributed by atoms with Gasteiger partial charge in [0.1, 0.15) is 5.82 Å². The van der Waals surface area contributed by atoms with E-state index in [9.17, 15) is 22.8 Å². The molecular formula is C23H24F3N5O3. The van der Waals surface area contributed by atoms with Crippen LogP contribution in [0.4, 0.5) is 19.0 Å². The Kier molecular flexibility index (Phi) is 6.54. The molecule has 4 rings (SSSR count). The van der Waals surface area contributed by atoms with Gasteiger partial charge in [-0.05, 0) is 36.5 Å². The highest BCUT2D eigenvalue weighted by Crippen LogP contribution is 2.29. The molecule has 0 atom stereocenters. The van der Waals surface area contributed by atoms with Gasteiger partial charge in [-0.2, -0.15) is 17.7 Å². The first-order chi connectivity index (χ1) is 16.1. The molecule has 2 aromatic heterocycles.